The molecule has 0 atom stereocenters. The predicted molar refractivity (Wildman–Crippen MR) is 111 cm³/mol. The molecule has 0 fully saturated rings. The third-order valence-corrected chi connectivity index (χ3v) is 4.74. The molecule has 5 heteroatoms. The fourth-order valence-corrected chi connectivity index (χ4v) is 3.48. The molecule has 142 valence electrons. The number of hydrogen-bond donors (Lipinski definition) is 1. The van der Waals surface area contributed by atoms with E-state index in [0.29, 0.717) is 12.6 Å². The Morgan fingerprint density at radius 3 is 2.52 bits per heavy atom. The number of benzene rings is 2. The molecule has 3 aromatic rings. The maximum atomic E-state index is 5.35. The van der Waals surface area contributed by atoms with Gasteiger partial charge in [-0.3, -0.25) is 0 Å². The Bertz CT molecular complexity index is 958. The van der Waals surface area contributed by atoms with Gasteiger partial charge < -0.3 is 19.5 Å². The Kier molecular flexibility index (Phi) is 5.69. The maximum absolute atomic E-state index is 5.35. The maximum Gasteiger partial charge on any atom is 0.161 e. The number of ether oxygens (including phenoxy) is 2. The first kappa shape index (κ1) is 18.8. The van der Waals surface area contributed by atoms with Crippen LogP contribution in [0.25, 0.3) is 10.9 Å². The SMILES string of the molecule is COc1ccc(CN/N=C\c2c(C)n(C(C)C)c3ccccc23)cc1OC. The molecule has 0 spiro atoms. The van der Waals surface area contributed by atoms with Gasteiger partial charge >= 0.3 is 0 Å². The van der Waals surface area contributed by atoms with Crippen molar-refractivity contribution >= 4 is 17.1 Å². The van der Waals surface area contributed by atoms with Gasteiger partial charge in [-0.15, -0.1) is 0 Å². The van der Waals surface area contributed by atoms with E-state index in [9.17, 15) is 0 Å². The zero-order chi connectivity index (χ0) is 19.4. The zero-order valence-corrected chi connectivity index (χ0v) is 16.6. The van der Waals surface area contributed by atoms with Gasteiger partial charge in [-0.25, -0.2) is 0 Å². The molecule has 0 radical (unpaired) electrons. The summed E-state index contributed by atoms with van der Waals surface area (Å²) in [5.41, 5.74) is 7.83. The highest BCUT2D eigenvalue weighted by Gasteiger charge is 2.14. The van der Waals surface area contributed by atoms with Crippen molar-refractivity contribution in [3.63, 3.8) is 0 Å². The first-order valence-corrected chi connectivity index (χ1v) is 9.13. The van der Waals surface area contributed by atoms with E-state index in [1.807, 2.05) is 24.4 Å². The molecular formula is C22H27N3O2. The first-order chi connectivity index (χ1) is 13.1. The van der Waals surface area contributed by atoms with E-state index in [4.69, 9.17) is 9.47 Å². The molecule has 1 heterocycles. The minimum Gasteiger partial charge on any atom is -0.493 e. The molecule has 0 amide bonds. The highest BCUT2D eigenvalue weighted by atomic mass is 16.5. The standard InChI is InChI=1S/C22H27N3O2/c1-15(2)25-16(3)19(18-8-6-7-9-20(18)25)14-24-23-13-17-10-11-21(26-4)22(12-17)27-5/h6-12,14-15,23H,13H2,1-5H3/b24-14-. The summed E-state index contributed by atoms with van der Waals surface area (Å²) in [6.07, 6.45) is 1.91. The summed E-state index contributed by atoms with van der Waals surface area (Å²) in [6, 6.07) is 14.7. The molecule has 1 aromatic heterocycles. The lowest BCUT2D eigenvalue weighted by Gasteiger charge is -2.12. The fourth-order valence-electron chi connectivity index (χ4n) is 3.48. The number of nitrogens with zero attached hydrogens (tertiary/aromatic N) is 2. The van der Waals surface area contributed by atoms with Crippen LogP contribution in [-0.4, -0.2) is 25.0 Å². The van der Waals surface area contributed by atoms with Crippen LogP contribution in [0.1, 0.15) is 36.7 Å². The molecule has 0 aliphatic heterocycles. The topological polar surface area (TPSA) is 47.8 Å². The van der Waals surface area contributed by atoms with E-state index in [2.05, 4.69) is 60.1 Å². The second-order valence-corrected chi connectivity index (χ2v) is 6.76. The summed E-state index contributed by atoms with van der Waals surface area (Å²) in [4.78, 5) is 0. The Balaban J connectivity index is 1.79. The van der Waals surface area contributed by atoms with Crippen LogP contribution in [0, 0.1) is 6.92 Å². The predicted octanol–water partition coefficient (Wildman–Crippen LogP) is 4.67. The van der Waals surface area contributed by atoms with Gasteiger partial charge in [0.05, 0.1) is 27.0 Å². The Hall–Kier alpha value is -2.95. The summed E-state index contributed by atoms with van der Waals surface area (Å²) >= 11 is 0. The van der Waals surface area contributed by atoms with Crippen LogP contribution in [0.2, 0.25) is 0 Å². The van der Waals surface area contributed by atoms with Crippen LogP contribution in [0.3, 0.4) is 0 Å². The summed E-state index contributed by atoms with van der Waals surface area (Å²) in [5.74, 6) is 1.44. The molecule has 0 saturated heterocycles. The van der Waals surface area contributed by atoms with E-state index >= 15 is 0 Å². The molecule has 0 bridgehead atoms. The van der Waals surface area contributed by atoms with E-state index in [-0.39, 0.29) is 0 Å². The molecule has 0 aliphatic carbocycles. The van der Waals surface area contributed by atoms with Crippen molar-refractivity contribution in [2.24, 2.45) is 5.10 Å². The van der Waals surface area contributed by atoms with Crippen LogP contribution in [-0.2, 0) is 6.54 Å². The van der Waals surface area contributed by atoms with Gasteiger partial charge in [-0.05, 0) is 44.5 Å². The summed E-state index contributed by atoms with van der Waals surface area (Å²) in [7, 11) is 3.27. The van der Waals surface area contributed by atoms with Crippen LogP contribution >= 0.6 is 0 Å². The number of para-hydroxylation sites is 1. The highest BCUT2D eigenvalue weighted by molar-refractivity contribution is 6.01. The Morgan fingerprint density at radius 2 is 1.81 bits per heavy atom. The van der Waals surface area contributed by atoms with Gasteiger partial charge in [0.25, 0.3) is 0 Å². The number of aromatic nitrogens is 1. The lowest BCUT2D eigenvalue weighted by Crippen LogP contribution is -2.07. The van der Waals surface area contributed by atoms with Gasteiger partial charge in [-0.1, -0.05) is 24.3 Å². The second-order valence-electron chi connectivity index (χ2n) is 6.76. The van der Waals surface area contributed by atoms with Crippen molar-refractivity contribution in [3.8, 4) is 11.5 Å². The van der Waals surface area contributed by atoms with Gasteiger partial charge in [0.15, 0.2) is 11.5 Å². The Labute approximate surface area is 160 Å². The van der Waals surface area contributed by atoms with Crippen molar-refractivity contribution < 1.29 is 9.47 Å². The number of fused-ring (bicyclic) bond motifs is 1. The monoisotopic (exact) mass is 365 g/mol. The molecule has 0 aliphatic rings. The van der Waals surface area contributed by atoms with Crippen molar-refractivity contribution in [1.29, 1.82) is 0 Å². The lowest BCUT2D eigenvalue weighted by atomic mass is 10.1. The third kappa shape index (κ3) is 3.77. The smallest absolute Gasteiger partial charge is 0.161 e. The van der Waals surface area contributed by atoms with E-state index in [1.54, 1.807) is 14.2 Å². The van der Waals surface area contributed by atoms with Crippen LogP contribution in [0.15, 0.2) is 47.6 Å². The zero-order valence-electron chi connectivity index (χ0n) is 16.6. The van der Waals surface area contributed by atoms with Crippen molar-refractivity contribution in [1.82, 2.24) is 9.99 Å². The summed E-state index contributed by atoms with van der Waals surface area (Å²) < 4.78 is 13.0. The van der Waals surface area contributed by atoms with Crippen LogP contribution in [0.5, 0.6) is 11.5 Å². The van der Waals surface area contributed by atoms with Crippen molar-refractivity contribution in [3.05, 3.63) is 59.3 Å². The number of nitrogens with one attached hydrogen (secondary N) is 1. The number of hydrogen-bond acceptors (Lipinski definition) is 4. The average molecular weight is 365 g/mol. The first-order valence-electron chi connectivity index (χ1n) is 9.13. The van der Waals surface area contributed by atoms with E-state index < -0.39 is 0 Å². The van der Waals surface area contributed by atoms with Gasteiger partial charge in [0, 0.05) is 28.2 Å². The molecule has 3 rings (SSSR count). The van der Waals surface area contributed by atoms with Crippen molar-refractivity contribution in [2.75, 3.05) is 14.2 Å². The van der Waals surface area contributed by atoms with Crippen LogP contribution < -0.4 is 14.9 Å². The number of methoxy groups -OCH3 is 2. The normalized spacial score (nSPS) is 11.5. The average Bonchev–Trinajstić information content (AvgIpc) is 2.96. The molecule has 0 unspecified atom stereocenters. The largest absolute Gasteiger partial charge is 0.493 e. The van der Waals surface area contributed by atoms with Gasteiger partial charge in [0.1, 0.15) is 0 Å². The molecule has 2 aromatic carbocycles. The summed E-state index contributed by atoms with van der Waals surface area (Å²) in [5, 5.41) is 5.68. The van der Waals surface area contributed by atoms with Crippen molar-refractivity contribution in [2.45, 2.75) is 33.4 Å². The molecule has 27 heavy (non-hydrogen) atoms. The third-order valence-electron chi connectivity index (χ3n) is 4.74. The molecule has 5 nitrogen and oxygen atoms in total. The minimum atomic E-state index is 0.400. The second kappa shape index (κ2) is 8.16. The minimum absolute atomic E-state index is 0.400. The molecule has 0 saturated carbocycles. The molecule has 1 N–H and O–H groups in total. The van der Waals surface area contributed by atoms with E-state index in [1.165, 1.54) is 16.6 Å². The number of hydrazone groups is 1. The highest BCUT2D eigenvalue weighted by Crippen LogP contribution is 2.28. The van der Waals surface area contributed by atoms with Crippen LogP contribution in [0.4, 0.5) is 0 Å². The van der Waals surface area contributed by atoms with Gasteiger partial charge in [-0.2, -0.15) is 5.10 Å². The fraction of sp³-hybridized carbons (Fsp3) is 0.318. The molecular weight excluding hydrogens is 338 g/mol. The number of rotatable bonds is 7. The quantitative estimate of drug-likeness (QED) is 0.489. The Morgan fingerprint density at radius 1 is 1.07 bits per heavy atom. The van der Waals surface area contributed by atoms with Gasteiger partial charge in [0.2, 0.25) is 0 Å². The van der Waals surface area contributed by atoms with E-state index in [0.717, 1.165) is 22.6 Å². The lowest BCUT2D eigenvalue weighted by molar-refractivity contribution is 0.354. The summed E-state index contributed by atoms with van der Waals surface area (Å²) in [6.45, 7) is 7.17.